The zero-order valence-corrected chi connectivity index (χ0v) is 21.2. The van der Waals surface area contributed by atoms with Gasteiger partial charge >= 0.3 is 0 Å². The van der Waals surface area contributed by atoms with Crippen molar-refractivity contribution in [3.8, 4) is 5.69 Å². The van der Waals surface area contributed by atoms with Gasteiger partial charge in [0.15, 0.2) is 0 Å². The molecule has 0 unspecified atom stereocenters. The maximum atomic E-state index is 13.3. The molecule has 0 radical (unpaired) electrons. The first kappa shape index (κ1) is 23.7. The minimum atomic E-state index is -3.49. The summed E-state index contributed by atoms with van der Waals surface area (Å²) in [4.78, 5) is 15.2. The third-order valence-electron chi connectivity index (χ3n) is 6.34. The Labute approximate surface area is 200 Å². The standard InChI is InChI=1S/C25H31N3O3S2/c1-17(2)20-7-9-22(10-8-20)28-18(3)16-23(19(28)4)25(29)27-13-11-21(12-14-27)26-33(30,31)24-6-5-15-32-24/h5-10,15-17,21,26H,11-14H2,1-4H3. The number of benzene rings is 1. The topological polar surface area (TPSA) is 71.4 Å². The zero-order valence-electron chi connectivity index (χ0n) is 19.5. The number of aryl methyl sites for hydroxylation is 1. The molecule has 0 bridgehead atoms. The number of carbonyl (C=O) groups is 1. The highest BCUT2D eigenvalue weighted by Crippen LogP contribution is 2.25. The molecule has 0 aliphatic carbocycles. The summed E-state index contributed by atoms with van der Waals surface area (Å²) in [6.45, 7) is 9.42. The molecule has 1 fully saturated rings. The molecule has 1 aliphatic heterocycles. The van der Waals surface area contributed by atoms with Gasteiger partial charge in [-0.05, 0) is 67.8 Å². The van der Waals surface area contributed by atoms with Crippen LogP contribution in [0.1, 0.15) is 59.9 Å². The van der Waals surface area contributed by atoms with Crippen LogP contribution < -0.4 is 4.72 Å². The van der Waals surface area contributed by atoms with Gasteiger partial charge in [0.2, 0.25) is 10.0 Å². The van der Waals surface area contributed by atoms with E-state index in [4.69, 9.17) is 0 Å². The SMILES string of the molecule is Cc1cc(C(=O)N2CCC(NS(=O)(=O)c3cccs3)CC2)c(C)n1-c1ccc(C(C)C)cc1. The third-order valence-corrected chi connectivity index (χ3v) is 9.26. The number of rotatable bonds is 6. The van der Waals surface area contributed by atoms with Crippen molar-refractivity contribution in [1.29, 1.82) is 0 Å². The Balaban J connectivity index is 1.45. The van der Waals surface area contributed by atoms with E-state index in [0.717, 1.165) is 17.1 Å². The molecule has 0 spiro atoms. The Hall–Kier alpha value is -2.42. The fraction of sp³-hybridized carbons (Fsp3) is 0.400. The van der Waals surface area contributed by atoms with E-state index in [1.807, 2.05) is 24.8 Å². The van der Waals surface area contributed by atoms with Crippen LogP contribution in [-0.4, -0.2) is 42.9 Å². The van der Waals surface area contributed by atoms with Gasteiger partial charge in [-0.15, -0.1) is 11.3 Å². The Morgan fingerprint density at radius 2 is 1.76 bits per heavy atom. The Morgan fingerprint density at radius 1 is 1.09 bits per heavy atom. The molecule has 1 aliphatic rings. The second kappa shape index (κ2) is 9.44. The summed E-state index contributed by atoms with van der Waals surface area (Å²) < 4.78 is 30.2. The van der Waals surface area contributed by atoms with Gasteiger partial charge in [-0.25, -0.2) is 13.1 Å². The fourth-order valence-electron chi connectivity index (χ4n) is 4.45. The third kappa shape index (κ3) is 4.93. The van der Waals surface area contributed by atoms with E-state index in [0.29, 0.717) is 41.6 Å². The van der Waals surface area contributed by atoms with E-state index in [1.165, 1.54) is 16.9 Å². The molecule has 8 heteroatoms. The van der Waals surface area contributed by atoms with E-state index in [1.54, 1.807) is 17.5 Å². The van der Waals surface area contributed by atoms with Crippen LogP contribution in [-0.2, 0) is 10.0 Å². The first-order chi connectivity index (χ1) is 15.7. The largest absolute Gasteiger partial charge is 0.338 e. The molecule has 176 valence electrons. The van der Waals surface area contributed by atoms with Gasteiger partial charge in [-0.1, -0.05) is 32.0 Å². The molecule has 1 N–H and O–H groups in total. The van der Waals surface area contributed by atoms with Crippen LogP contribution in [0.4, 0.5) is 0 Å². The lowest BCUT2D eigenvalue weighted by Gasteiger charge is -2.32. The van der Waals surface area contributed by atoms with Crippen LogP contribution >= 0.6 is 11.3 Å². The minimum Gasteiger partial charge on any atom is -0.338 e. The molecule has 3 heterocycles. The van der Waals surface area contributed by atoms with Crippen LogP contribution in [0.2, 0.25) is 0 Å². The van der Waals surface area contributed by atoms with Crippen molar-refractivity contribution in [3.05, 3.63) is 70.4 Å². The second-order valence-electron chi connectivity index (χ2n) is 8.99. The maximum absolute atomic E-state index is 13.3. The highest BCUT2D eigenvalue weighted by atomic mass is 32.2. The summed E-state index contributed by atoms with van der Waals surface area (Å²) in [7, 11) is -3.49. The molecule has 0 atom stereocenters. The number of aromatic nitrogens is 1. The van der Waals surface area contributed by atoms with E-state index in [9.17, 15) is 13.2 Å². The zero-order chi connectivity index (χ0) is 23.8. The van der Waals surface area contributed by atoms with Gasteiger partial charge < -0.3 is 9.47 Å². The second-order valence-corrected chi connectivity index (χ2v) is 11.9. The Morgan fingerprint density at radius 3 is 2.33 bits per heavy atom. The molecular weight excluding hydrogens is 454 g/mol. The van der Waals surface area contributed by atoms with Gasteiger partial charge in [-0.3, -0.25) is 4.79 Å². The van der Waals surface area contributed by atoms with Crippen molar-refractivity contribution in [1.82, 2.24) is 14.2 Å². The number of amides is 1. The number of likely N-dealkylation sites (tertiary alicyclic amines) is 1. The molecule has 2 aromatic heterocycles. The summed E-state index contributed by atoms with van der Waals surface area (Å²) in [5, 5.41) is 1.75. The van der Waals surface area contributed by atoms with Crippen LogP contribution in [0.3, 0.4) is 0 Å². The van der Waals surface area contributed by atoms with Crippen molar-refractivity contribution < 1.29 is 13.2 Å². The van der Waals surface area contributed by atoms with E-state index >= 15 is 0 Å². The molecule has 33 heavy (non-hydrogen) atoms. The highest BCUT2D eigenvalue weighted by molar-refractivity contribution is 7.91. The van der Waals surface area contributed by atoms with Crippen LogP contribution in [0.15, 0.2) is 52.1 Å². The lowest BCUT2D eigenvalue weighted by molar-refractivity contribution is 0.0710. The fourth-order valence-corrected chi connectivity index (χ4v) is 6.76. The van der Waals surface area contributed by atoms with E-state index in [2.05, 4.69) is 47.4 Å². The number of hydrogen-bond donors (Lipinski definition) is 1. The number of piperidine rings is 1. The normalized spacial score (nSPS) is 15.4. The van der Waals surface area contributed by atoms with E-state index in [-0.39, 0.29) is 11.9 Å². The first-order valence-corrected chi connectivity index (χ1v) is 13.7. The maximum Gasteiger partial charge on any atom is 0.255 e. The number of hydrogen-bond acceptors (Lipinski definition) is 4. The number of carbonyl (C=O) groups excluding carboxylic acids is 1. The first-order valence-electron chi connectivity index (χ1n) is 11.3. The minimum absolute atomic E-state index is 0.00714. The van der Waals surface area contributed by atoms with Crippen LogP contribution in [0.5, 0.6) is 0 Å². The number of thiophene rings is 1. The molecule has 1 saturated heterocycles. The molecule has 4 rings (SSSR count). The van der Waals surface area contributed by atoms with E-state index < -0.39 is 10.0 Å². The number of sulfonamides is 1. The number of nitrogens with one attached hydrogen (secondary N) is 1. The lowest BCUT2D eigenvalue weighted by atomic mass is 10.0. The van der Waals surface area contributed by atoms with Gasteiger partial charge in [0.25, 0.3) is 5.91 Å². The summed E-state index contributed by atoms with van der Waals surface area (Å²) in [6, 6.07) is 13.6. The van der Waals surface area contributed by atoms with Gasteiger partial charge in [0.05, 0.1) is 5.56 Å². The molecule has 1 aromatic carbocycles. The molecule has 6 nitrogen and oxygen atoms in total. The molecular formula is C25H31N3O3S2. The quantitative estimate of drug-likeness (QED) is 0.542. The smallest absolute Gasteiger partial charge is 0.255 e. The van der Waals surface area contributed by atoms with Crippen LogP contribution in [0, 0.1) is 13.8 Å². The van der Waals surface area contributed by atoms with Crippen molar-refractivity contribution in [3.63, 3.8) is 0 Å². The summed E-state index contributed by atoms with van der Waals surface area (Å²) in [6.07, 6.45) is 1.21. The monoisotopic (exact) mass is 485 g/mol. The highest BCUT2D eigenvalue weighted by Gasteiger charge is 2.29. The van der Waals surface area contributed by atoms with Gasteiger partial charge in [0.1, 0.15) is 4.21 Å². The van der Waals surface area contributed by atoms with Gasteiger partial charge in [0, 0.05) is 36.2 Å². The average Bonchev–Trinajstić information content (AvgIpc) is 3.43. The van der Waals surface area contributed by atoms with Crippen molar-refractivity contribution >= 4 is 27.3 Å². The summed E-state index contributed by atoms with van der Waals surface area (Å²) in [5.41, 5.74) is 4.99. The Kier molecular flexibility index (Phi) is 6.79. The van der Waals surface area contributed by atoms with Crippen molar-refractivity contribution in [2.24, 2.45) is 0 Å². The predicted molar refractivity (Wildman–Crippen MR) is 133 cm³/mol. The number of nitrogens with zero attached hydrogens (tertiary/aromatic N) is 2. The van der Waals surface area contributed by atoms with Crippen molar-refractivity contribution in [2.45, 2.75) is 56.7 Å². The molecule has 1 amide bonds. The molecule has 0 saturated carbocycles. The van der Waals surface area contributed by atoms with Crippen LogP contribution in [0.25, 0.3) is 5.69 Å². The summed E-state index contributed by atoms with van der Waals surface area (Å²) >= 11 is 1.21. The summed E-state index contributed by atoms with van der Waals surface area (Å²) in [5.74, 6) is 0.480. The Bertz CT molecular complexity index is 1220. The molecule has 3 aromatic rings. The van der Waals surface area contributed by atoms with Gasteiger partial charge in [-0.2, -0.15) is 0 Å². The predicted octanol–water partition coefficient (Wildman–Crippen LogP) is 4.86. The average molecular weight is 486 g/mol. The lowest BCUT2D eigenvalue weighted by Crippen LogP contribution is -2.46. The van der Waals surface area contributed by atoms with Crippen molar-refractivity contribution in [2.75, 3.05) is 13.1 Å².